The smallest absolute Gasteiger partial charge is 0.309 e. The minimum absolute atomic E-state index is 0.156. The number of nitrogens with zero attached hydrogens (tertiary/aromatic N) is 8. The lowest BCUT2D eigenvalue weighted by atomic mass is 9.87. The minimum Gasteiger partial charge on any atom is -0.494 e. The molecular formula is C97H96N8O10S4. The van der Waals surface area contributed by atoms with Gasteiger partial charge in [-0.15, -0.1) is 45.3 Å². The number of benzene rings is 9. The molecule has 22 heteroatoms. The third-order valence-corrected chi connectivity index (χ3v) is 26.7. The van der Waals surface area contributed by atoms with Gasteiger partial charge in [-0.2, -0.15) is 0 Å². The molecule has 608 valence electrons. The molecule has 5 fully saturated rings. The number of ether oxygens (including phenoxy) is 2. The standard InChI is InChI=1S/C26H22N2O3S.C25H26N2O2S.C24H26N2O2S.C22H22N2O3S/c29-26(30)21-16-28(17-21)15-18-6-8-20(9-7-18)25-27-14-24(32-25)19-10-12-23(13-11-19)31-22-4-2-1-3-5-22;28-25(29)22-15-27(16-22)14-17-5-7-21(8-6-17)24-26-13-23(30-24)20-11-9-19(10-12-20)18-3-1-2-4-18;1-24(2,3)20-10-8-17(9-11-20)21-12-25-22(29-21)18-6-4-16(5-7-18)13-26-14-19(15-26)23(27)28;1-2-27-19-9-7-16(8-10-19)20-11-23-21(28-20)17-5-3-15(4-6-17)12-24-13-18(14-24)22(25)26/h1-14,21H,15-17H2,(H,29,30);5-13,18,22H,1-4,14-16H2,(H,28,29);4-12,19H,13-15H2,1-3H3,(H,27,28);3-11,18H,2,12-14H2,1H3,(H,25,26). The van der Waals surface area contributed by atoms with Crippen LogP contribution in [0.4, 0.5) is 0 Å². The van der Waals surface area contributed by atoms with Crippen molar-refractivity contribution in [2.75, 3.05) is 59.0 Å². The average Bonchev–Trinajstić information content (AvgIpc) is 1.36. The summed E-state index contributed by atoms with van der Waals surface area (Å²) in [5, 5.41) is 40.0. The van der Waals surface area contributed by atoms with Crippen molar-refractivity contribution < 1.29 is 49.1 Å². The fraction of sp³-hybridized carbons (Fsp3) is 0.278. The van der Waals surface area contributed by atoms with Gasteiger partial charge in [0.05, 0.1) is 49.8 Å². The van der Waals surface area contributed by atoms with E-state index in [2.05, 4.69) is 230 Å². The lowest BCUT2D eigenvalue weighted by Crippen LogP contribution is -2.49. The van der Waals surface area contributed by atoms with Gasteiger partial charge >= 0.3 is 23.9 Å². The first kappa shape index (κ1) is 82.9. The molecular weight excluding hydrogens is 1570 g/mol. The van der Waals surface area contributed by atoms with Crippen LogP contribution in [-0.2, 0) is 50.8 Å². The summed E-state index contributed by atoms with van der Waals surface area (Å²) in [6.07, 6.45) is 13.1. The van der Waals surface area contributed by atoms with E-state index in [0.29, 0.717) is 59.0 Å². The second-order valence-electron chi connectivity index (χ2n) is 32.2. The summed E-state index contributed by atoms with van der Waals surface area (Å²) in [5.41, 5.74) is 16.9. The lowest BCUT2D eigenvalue weighted by molar-refractivity contribution is -0.148. The van der Waals surface area contributed by atoms with Gasteiger partial charge in [-0.3, -0.25) is 38.8 Å². The van der Waals surface area contributed by atoms with Crippen LogP contribution >= 0.6 is 45.3 Å². The second kappa shape index (κ2) is 38.3. The van der Waals surface area contributed by atoms with Crippen molar-refractivity contribution in [2.45, 2.75) is 90.9 Å². The normalized spacial score (nSPS) is 15.5. The van der Waals surface area contributed by atoms with Crippen molar-refractivity contribution in [1.29, 1.82) is 0 Å². The van der Waals surface area contributed by atoms with E-state index in [1.165, 1.54) is 79.9 Å². The summed E-state index contributed by atoms with van der Waals surface area (Å²) in [4.78, 5) is 75.4. The van der Waals surface area contributed by atoms with Crippen molar-refractivity contribution in [3.05, 3.63) is 283 Å². The second-order valence-corrected chi connectivity index (χ2v) is 36.3. The molecule has 4 aromatic heterocycles. The van der Waals surface area contributed by atoms with Gasteiger partial charge in [0.2, 0.25) is 0 Å². The molecule has 0 atom stereocenters. The summed E-state index contributed by atoms with van der Waals surface area (Å²) >= 11 is 6.76. The number of hydrogen-bond donors (Lipinski definition) is 4. The molecule has 1 saturated carbocycles. The van der Waals surface area contributed by atoms with Gasteiger partial charge in [0, 0.05) is 126 Å². The van der Waals surface area contributed by atoms with Gasteiger partial charge in [0.15, 0.2) is 0 Å². The SMILES string of the molecule is CC(C)(C)c1ccc(-c2cnc(-c3ccc(CN4CC(C(=O)O)C4)cc3)s2)cc1.CCOc1ccc(-c2cnc(-c3ccc(CN4CC(C(=O)O)C4)cc3)s2)cc1.O=C(O)C1CN(Cc2ccc(-c3ncc(-c4ccc(C5CCCC5)cc4)s3)cc2)C1.O=C(O)C1CN(Cc2ccc(-c3ncc(-c4ccc(Oc5ccccc5)cc4)s3)cc2)C1. The molecule has 0 bridgehead atoms. The first-order valence-electron chi connectivity index (χ1n) is 40.5. The molecule has 5 aliphatic rings. The van der Waals surface area contributed by atoms with Crippen LogP contribution in [0.25, 0.3) is 84.0 Å². The van der Waals surface area contributed by atoms with Crippen LogP contribution in [0.1, 0.15) is 92.7 Å². The maximum atomic E-state index is 10.9. The largest absolute Gasteiger partial charge is 0.494 e. The summed E-state index contributed by atoms with van der Waals surface area (Å²) in [5.74, 6) is -0.365. The molecule has 0 amide bonds. The van der Waals surface area contributed by atoms with Gasteiger partial charge in [-0.1, -0.05) is 197 Å². The van der Waals surface area contributed by atoms with E-state index in [9.17, 15) is 19.2 Å². The first-order valence-corrected chi connectivity index (χ1v) is 43.8. The highest BCUT2D eigenvalue weighted by molar-refractivity contribution is 7.19. The Hall–Kier alpha value is -11.2. The zero-order valence-electron chi connectivity index (χ0n) is 67.0. The highest BCUT2D eigenvalue weighted by atomic mass is 32.1. The summed E-state index contributed by atoms with van der Waals surface area (Å²) < 4.78 is 11.4. The number of likely N-dealkylation sites (tertiary alicyclic amines) is 4. The number of carboxylic acid groups (broad SMARTS) is 4. The molecule has 4 saturated heterocycles. The van der Waals surface area contributed by atoms with Gasteiger partial charge in [-0.25, -0.2) is 19.9 Å². The summed E-state index contributed by atoms with van der Waals surface area (Å²) in [7, 11) is 0. The number of aromatic nitrogens is 4. The number of carbonyl (C=O) groups is 4. The molecule has 18 rings (SSSR count). The van der Waals surface area contributed by atoms with E-state index >= 15 is 0 Å². The van der Waals surface area contributed by atoms with Gasteiger partial charge in [0.1, 0.15) is 37.3 Å². The van der Waals surface area contributed by atoms with Crippen LogP contribution in [-0.4, -0.2) is 143 Å². The van der Waals surface area contributed by atoms with Gasteiger partial charge in [0.25, 0.3) is 0 Å². The molecule has 4 N–H and O–H groups in total. The Morgan fingerprint density at radius 3 is 0.908 bits per heavy atom. The Balaban J connectivity index is 0.000000124. The van der Waals surface area contributed by atoms with Crippen molar-refractivity contribution in [2.24, 2.45) is 23.7 Å². The number of para-hydroxylation sites is 1. The minimum atomic E-state index is -0.700. The first-order chi connectivity index (χ1) is 57.7. The summed E-state index contributed by atoms with van der Waals surface area (Å²) in [6, 6.07) is 77.4. The molecule has 0 radical (unpaired) electrons. The Labute approximate surface area is 710 Å². The maximum absolute atomic E-state index is 10.9. The average molecular weight is 1660 g/mol. The topological polar surface area (TPSA) is 232 Å². The monoisotopic (exact) mass is 1660 g/mol. The number of hydrogen-bond acceptors (Lipinski definition) is 18. The Morgan fingerprint density at radius 1 is 0.353 bits per heavy atom. The quantitative estimate of drug-likeness (QED) is 0.0416. The molecule has 0 spiro atoms. The molecule has 0 unspecified atom stereocenters. The van der Waals surface area contributed by atoms with Crippen molar-refractivity contribution >= 4 is 69.2 Å². The molecule has 1 aliphatic carbocycles. The highest BCUT2D eigenvalue weighted by Crippen LogP contribution is 2.41. The van der Waals surface area contributed by atoms with Crippen LogP contribution in [0.2, 0.25) is 0 Å². The predicted molar refractivity (Wildman–Crippen MR) is 475 cm³/mol. The van der Waals surface area contributed by atoms with Crippen molar-refractivity contribution in [1.82, 2.24) is 39.5 Å². The number of aliphatic carboxylic acids is 4. The van der Waals surface area contributed by atoms with Crippen LogP contribution in [0, 0.1) is 23.7 Å². The van der Waals surface area contributed by atoms with Crippen LogP contribution < -0.4 is 9.47 Å². The maximum Gasteiger partial charge on any atom is 0.309 e. The van der Waals surface area contributed by atoms with Crippen LogP contribution in [0.5, 0.6) is 17.2 Å². The number of thiazole rings is 4. The molecule has 119 heavy (non-hydrogen) atoms. The van der Waals surface area contributed by atoms with E-state index in [1.807, 2.05) is 86.3 Å². The Morgan fingerprint density at radius 2 is 0.622 bits per heavy atom. The fourth-order valence-electron chi connectivity index (χ4n) is 15.1. The van der Waals surface area contributed by atoms with E-state index in [4.69, 9.17) is 29.9 Å². The zero-order valence-corrected chi connectivity index (χ0v) is 70.3. The molecule has 9 aromatic carbocycles. The van der Waals surface area contributed by atoms with Crippen LogP contribution in [0.15, 0.2) is 249 Å². The molecule has 18 nitrogen and oxygen atoms in total. The zero-order chi connectivity index (χ0) is 82.5. The Bertz CT molecular complexity index is 5530. The highest BCUT2D eigenvalue weighted by Gasteiger charge is 2.35. The van der Waals surface area contributed by atoms with E-state index in [0.717, 1.165) is 113 Å². The third kappa shape index (κ3) is 21.7. The van der Waals surface area contributed by atoms with Crippen molar-refractivity contribution in [3.8, 4) is 101 Å². The van der Waals surface area contributed by atoms with Crippen molar-refractivity contribution in [3.63, 3.8) is 0 Å². The molecule has 4 aliphatic heterocycles. The number of carboxylic acids is 4. The van der Waals surface area contributed by atoms with E-state index in [-0.39, 0.29) is 29.1 Å². The fourth-order valence-corrected chi connectivity index (χ4v) is 18.8. The Kier molecular flexibility index (Phi) is 26.7. The van der Waals surface area contributed by atoms with E-state index < -0.39 is 23.9 Å². The van der Waals surface area contributed by atoms with Gasteiger partial charge in [-0.05, 0) is 147 Å². The predicted octanol–water partition coefficient (Wildman–Crippen LogP) is 21.1. The lowest BCUT2D eigenvalue weighted by Gasteiger charge is -2.36. The number of rotatable bonds is 25. The third-order valence-electron chi connectivity index (χ3n) is 22.3. The molecule has 8 heterocycles. The molecule has 13 aromatic rings. The summed E-state index contributed by atoms with van der Waals surface area (Å²) in [6.45, 7) is 17.6. The van der Waals surface area contributed by atoms with Crippen LogP contribution in [0.3, 0.4) is 0 Å². The van der Waals surface area contributed by atoms with E-state index in [1.54, 1.807) is 45.3 Å². The van der Waals surface area contributed by atoms with Gasteiger partial charge < -0.3 is 29.9 Å².